The lowest BCUT2D eigenvalue weighted by molar-refractivity contribution is 0.0958. The number of imidazole rings is 1. The molecule has 4 nitrogen and oxygen atoms in total. The molecule has 0 atom stereocenters. The maximum Gasteiger partial charge on any atom is 0.261 e. The van der Waals surface area contributed by atoms with Crippen LogP contribution in [0.3, 0.4) is 0 Å². The van der Waals surface area contributed by atoms with Crippen molar-refractivity contribution in [2.24, 2.45) is 0 Å². The van der Waals surface area contributed by atoms with Crippen molar-refractivity contribution in [2.45, 2.75) is 19.9 Å². The Bertz CT molecular complexity index is 776. The van der Waals surface area contributed by atoms with Crippen molar-refractivity contribution in [2.75, 3.05) is 6.54 Å². The zero-order valence-electron chi connectivity index (χ0n) is 13.0. The molecular formula is C18H19N3OS. The third-order valence-electron chi connectivity index (χ3n) is 3.60. The summed E-state index contributed by atoms with van der Waals surface area (Å²) in [5.74, 6) is 0.973. The van der Waals surface area contributed by atoms with Crippen LogP contribution in [-0.2, 0) is 13.0 Å². The highest BCUT2D eigenvalue weighted by Gasteiger charge is 2.08. The second-order valence-electron chi connectivity index (χ2n) is 5.37. The van der Waals surface area contributed by atoms with Crippen LogP contribution in [-0.4, -0.2) is 22.0 Å². The predicted molar refractivity (Wildman–Crippen MR) is 92.9 cm³/mol. The van der Waals surface area contributed by atoms with Crippen molar-refractivity contribution in [3.63, 3.8) is 0 Å². The van der Waals surface area contributed by atoms with E-state index in [9.17, 15) is 4.79 Å². The molecule has 1 aromatic carbocycles. The normalized spacial score (nSPS) is 10.7. The van der Waals surface area contributed by atoms with E-state index in [0.29, 0.717) is 6.54 Å². The molecule has 5 heteroatoms. The number of carbonyl (C=O) groups is 1. The van der Waals surface area contributed by atoms with Gasteiger partial charge in [0.25, 0.3) is 5.91 Å². The number of rotatable bonds is 6. The Balaban J connectivity index is 1.55. The quantitative estimate of drug-likeness (QED) is 0.756. The van der Waals surface area contributed by atoms with Gasteiger partial charge >= 0.3 is 0 Å². The molecule has 0 aliphatic carbocycles. The van der Waals surface area contributed by atoms with Crippen molar-refractivity contribution in [1.82, 2.24) is 14.9 Å². The summed E-state index contributed by atoms with van der Waals surface area (Å²) in [6.07, 6.45) is 4.51. The van der Waals surface area contributed by atoms with E-state index in [4.69, 9.17) is 0 Å². The van der Waals surface area contributed by atoms with Crippen LogP contribution < -0.4 is 5.32 Å². The van der Waals surface area contributed by atoms with Crippen molar-refractivity contribution in [3.05, 3.63) is 76.0 Å². The maximum absolute atomic E-state index is 12.0. The van der Waals surface area contributed by atoms with Crippen molar-refractivity contribution >= 4 is 17.2 Å². The molecule has 23 heavy (non-hydrogen) atoms. The number of nitrogens with zero attached hydrogens (tertiary/aromatic N) is 2. The van der Waals surface area contributed by atoms with Crippen LogP contribution in [0, 0.1) is 6.92 Å². The van der Waals surface area contributed by atoms with Gasteiger partial charge in [-0.05, 0) is 24.6 Å². The summed E-state index contributed by atoms with van der Waals surface area (Å²) in [5, 5.41) is 2.96. The van der Waals surface area contributed by atoms with E-state index in [1.807, 2.05) is 49.6 Å². The van der Waals surface area contributed by atoms with Gasteiger partial charge < -0.3 is 9.88 Å². The third kappa shape index (κ3) is 4.07. The summed E-state index contributed by atoms with van der Waals surface area (Å²) >= 11 is 1.52. The van der Waals surface area contributed by atoms with Crippen LogP contribution in [0.25, 0.3) is 0 Å². The molecule has 0 bridgehead atoms. The Morgan fingerprint density at radius 2 is 2.04 bits per heavy atom. The summed E-state index contributed by atoms with van der Waals surface area (Å²) in [4.78, 5) is 18.3. The molecule has 3 aromatic rings. The fraction of sp³-hybridized carbons (Fsp3) is 0.222. The molecule has 0 unspecified atom stereocenters. The van der Waals surface area contributed by atoms with Crippen LogP contribution >= 0.6 is 11.3 Å². The molecule has 0 saturated carbocycles. The summed E-state index contributed by atoms with van der Waals surface area (Å²) < 4.78 is 2.12. The highest BCUT2D eigenvalue weighted by Crippen LogP contribution is 2.14. The topological polar surface area (TPSA) is 46.9 Å². The van der Waals surface area contributed by atoms with Crippen LogP contribution in [0.1, 0.15) is 25.9 Å². The fourth-order valence-corrected chi connectivity index (χ4v) is 3.21. The number of hydrogen-bond acceptors (Lipinski definition) is 3. The van der Waals surface area contributed by atoms with E-state index < -0.39 is 0 Å². The van der Waals surface area contributed by atoms with Gasteiger partial charge in [0.1, 0.15) is 5.82 Å². The minimum Gasteiger partial charge on any atom is -0.351 e. The van der Waals surface area contributed by atoms with Crippen molar-refractivity contribution < 1.29 is 4.79 Å². The van der Waals surface area contributed by atoms with Crippen LogP contribution in [0.2, 0.25) is 0 Å². The first kappa shape index (κ1) is 15.5. The Kier molecular flexibility index (Phi) is 4.88. The molecule has 1 N–H and O–H groups in total. The first-order valence-corrected chi connectivity index (χ1v) is 8.42. The van der Waals surface area contributed by atoms with E-state index >= 15 is 0 Å². The van der Waals surface area contributed by atoms with Gasteiger partial charge in [-0.25, -0.2) is 4.98 Å². The average Bonchev–Trinajstić information content (AvgIpc) is 3.18. The van der Waals surface area contributed by atoms with E-state index in [1.54, 1.807) is 0 Å². The molecule has 1 amide bonds. The van der Waals surface area contributed by atoms with Gasteiger partial charge in [-0.1, -0.05) is 30.3 Å². The van der Waals surface area contributed by atoms with Gasteiger partial charge in [-0.15, -0.1) is 11.3 Å². The zero-order chi connectivity index (χ0) is 16.1. The molecule has 118 valence electrons. The third-order valence-corrected chi connectivity index (χ3v) is 4.60. The lowest BCUT2D eigenvalue weighted by atomic mass is 10.2. The molecular weight excluding hydrogens is 306 g/mol. The molecule has 0 saturated heterocycles. The van der Waals surface area contributed by atoms with Crippen LogP contribution in [0.5, 0.6) is 0 Å². The first-order valence-electron chi connectivity index (χ1n) is 7.61. The van der Waals surface area contributed by atoms with Gasteiger partial charge in [-0.3, -0.25) is 4.79 Å². The Morgan fingerprint density at radius 1 is 1.22 bits per heavy atom. The molecule has 0 aliphatic rings. The van der Waals surface area contributed by atoms with Gasteiger partial charge in [0, 0.05) is 36.8 Å². The number of hydrogen-bond donors (Lipinski definition) is 1. The minimum atomic E-state index is -0.00994. The molecule has 2 aromatic heterocycles. The highest BCUT2D eigenvalue weighted by molar-refractivity contribution is 7.13. The molecule has 0 aliphatic heterocycles. The monoisotopic (exact) mass is 325 g/mol. The fourth-order valence-electron chi connectivity index (χ4n) is 2.42. The summed E-state index contributed by atoms with van der Waals surface area (Å²) in [7, 11) is 0. The molecule has 0 spiro atoms. The van der Waals surface area contributed by atoms with E-state index in [0.717, 1.165) is 28.5 Å². The van der Waals surface area contributed by atoms with Crippen molar-refractivity contribution in [1.29, 1.82) is 0 Å². The van der Waals surface area contributed by atoms with Gasteiger partial charge in [0.2, 0.25) is 0 Å². The predicted octanol–water partition coefficient (Wildman–Crippen LogP) is 3.27. The number of nitrogens with one attached hydrogen (secondary N) is 1. The molecule has 0 radical (unpaired) electrons. The number of benzene rings is 1. The van der Waals surface area contributed by atoms with Gasteiger partial charge in [0.15, 0.2) is 0 Å². The van der Waals surface area contributed by atoms with Gasteiger partial charge in [-0.2, -0.15) is 0 Å². The first-order chi connectivity index (χ1) is 11.2. The summed E-state index contributed by atoms with van der Waals surface area (Å²) in [5.41, 5.74) is 1.24. The second kappa shape index (κ2) is 7.24. The Labute approximate surface area is 139 Å². The number of aryl methyl sites for hydroxylation is 1. The van der Waals surface area contributed by atoms with E-state index in [1.165, 1.54) is 16.9 Å². The standard InChI is InChI=1S/C18H19N3OS/c1-14-7-8-16(23-14)18(22)20-10-9-17-19-11-12-21(17)13-15-5-3-2-4-6-15/h2-8,11-12H,9-10,13H2,1H3,(H,20,22). The largest absolute Gasteiger partial charge is 0.351 e. The number of amides is 1. The lowest BCUT2D eigenvalue weighted by Gasteiger charge is -2.08. The molecule has 3 rings (SSSR count). The average molecular weight is 325 g/mol. The highest BCUT2D eigenvalue weighted by atomic mass is 32.1. The number of carbonyl (C=O) groups excluding carboxylic acids is 1. The SMILES string of the molecule is Cc1ccc(C(=O)NCCc2nccn2Cc2ccccc2)s1. The van der Waals surface area contributed by atoms with Crippen LogP contribution in [0.4, 0.5) is 0 Å². The van der Waals surface area contributed by atoms with E-state index in [-0.39, 0.29) is 5.91 Å². The molecule has 2 heterocycles. The number of aromatic nitrogens is 2. The van der Waals surface area contributed by atoms with Gasteiger partial charge in [0.05, 0.1) is 4.88 Å². The molecule has 0 fully saturated rings. The minimum absolute atomic E-state index is 0.00994. The summed E-state index contributed by atoms with van der Waals surface area (Å²) in [6.45, 7) is 3.39. The van der Waals surface area contributed by atoms with E-state index in [2.05, 4.69) is 27.0 Å². The maximum atomic E-state index is 12.0. The second-order valence-corrected chi connectivity index (χ2v) is 6.66. The Morgan fingerprint density at radius 3 is 2.78 bits per heavy atom. The Hall–Kier alpha value is -2.40. The van der Waals surface area contributed by atoms with Crippen LogP contribution in [0.15, 0.2) is 54.9 Å². The van der Waals surface area contributed by atoms with Crippen molar-refractivity contribution in [3.8, 4) is 0 Å². The smallest absolute Gasteiger partial charge is 0.261 e. The number of thiophene rings is 1. The zero-order valence-corrected chi connectivity index (χ0v) is 13.8. The summed E-state index contributed by atoms with van der Waals surface area (Å²) in [6, 6.07) is 14.1. The lowest BCUT2D eigenvalue weighted by Crippen LogP contribution is -2.25.